The molecule has 0 aliphatic heterocycles. The van der Waals surface area contributed by atoms with E-state index >= 15 is 0 Å². The predicted octanol–water partition coefficient (Wildman–Crippen LogP) is 4.24. The molecule has 0 bridgehead atoms. The van der Waals surface area contributed by atoms with E-state index < -0.39 is 0 Å². The smallest absolute Gasteiger partial charge is 0.123 e. The molecule has 0 spiro atoms. The van der Waals surface area contributed by atoms with Crippen molar-refractivity contribution in [1.29, 1.82) is 0 Å². The van der Waals surface area contributed by atoms with E-state index in [0.29, 0.717) is 18.3 Å². The van der Waals surface area contributed by atoms with Crippen molar-refractivity contribution in [2.24, 2.45) is 5.92 Å². The number of halogens is 1. The lowest BCUT2D eigenvalue weighted by atomic mass is 9.77. The van der Waals surface area contributed by atoms with Crippen LogP contribution in [0.25, 0.3) is 10.9 Å². The first-order chi connectivity index (χ1) is 9.78. The van der Waals surface area contributed by atoms with Gasteiger partial charge in [-0.15, -0.1) is 0 Å². The molecular formula is C17H18FNO. The summed E-state index contributed by atoms with van der Waals surface area (Å²) in [5.41, 5.74) is 2.07. The molecule has 1 aromatic carbocycles. The average molecular weight is 271 g/mol. The second-order valence-electron chi connectivity index (χ2n) is 5.68. The first-order valence-corrected chi connectivity index (χ1v) is 7.25. The molecule has 1 aromatic heterocycles. The Morgan fingerprint density at radius 1 is 1.20 bits per heavy atom. The van der Waals surface area contributed by atoms with E-state index in [9.17, 15) is 9.18 Å². The fourth-order valence-electron chi connectivity index (χ4n) is 3.34. The molecule has 1 saturated carbocycles. The van der Waals surface area contributed by atoms with Crippen molar-refractivity contribution in [2.45, 2.75) is 38.0 Å². The number of hydrogen-bond acceptors (Lipinski definition) is 2. The Morgan fingerprint density at radius 3 is 2.75 bits per heavy atom. The van der Waals surface area contributed by atoms with Gasteiger partial charge in [0.25, 0.3) is 0 Å². The number of nitrogens with zero attached hydrogens (tertiary/aromatic N) is 1. The number of benzene rings is 1. The van der Waals surface area contributed by atoms with E-state index in [1.165, 1.54) is 11.6 Å². The summed E-state index contributed by atoms with van der Waals surface area (Å²) in [6.45, 7) is 0. The van der Waals surface area contributed by atoms with E-state index in [1.807, 2.05) is 12.3 Å². The Balaban J connectivity index is 1.87. The van der Waals surface area contributed by atoms with Crippen molar-refractivity contribution in [1.82, 2.24) is 4.98 Å². The minimum Gasteiger partial charge on any atom is -0.303 e. The fourth-order valence-corrected chi connectivity index (χ4v) is 3.34. The normalized spacial score (nSPS) is 22.9. The summed E-state index contributed by atoms with van der Waals surface area (Å²) in [5.74, 6) is 0.792. The number of hydrogen-bond donors (Lipinski definition) is 0. The third kappa shape index (κ3) is 2.58. The maximum Gasteiger partial charge on any atom is 0.123 e. The Labute approximate surface area is 118 Å². The lowest BCUT2D eigenvalue weighted by molar-refractivity contribution is -0.108. The number of pyridine rings is 1. The van der Waals surface area contributed by atoms with Crippen molar-refractivity contribution in [3.8, 4) is 0 Å². The summed E-state index contributed by atoms with van der Waals surface area (Å²) in [6.07, 6.45) is 7.85. The van der Waals surface area contributed by atoms with Crippen molar-refractivity contribution < 1.29 is 9.18 Å². The molecule has 0 saturated heterocycles. The Bertz CT molecular complexity index is 617. The molecule has 0 N–H and O–H groups in total. The molecule has 3 rings (SSSR count). The number of aldehydes is 1. The second kappa shape index (κ2) is 5.70. The summed E-state index contributed by atoms with van der Waals surface area (Å²) in [4.78, 5) is 14.9. The fraction of sp³-hybridized carbons (Fsp3) is 0.412. The lowest BCUT2D eigenvalue weighted by Gasteiger charge is -2.28. The number of carbonyl (C=O) groups is 1. The number of fused-ring (bicyclic) bond motifs is 1. The van der Waals surface area contributed by atoms with Gasteiger partial charge in [-0.3, -0.25) is 4.98 Å². The second-order valence-corrected chi connectivity index (χ2v) is 5.68. The number of carbonyl (C=O) groups excluding carboxylic acids is 1. The van der Waals surface area contributed by atoms with Crippen LogP contribution in [0.3, 0.4) is 0 Å². The minimum absolute atomic E-state index is 0.207. The van der Waals surface area contributed by atoms with Crippen molar-refractivity contribution in [3.63, 3.8) is 0 Å². The monoisotopic (exact) mass is 271 g/mol. The molecule has 3 heteroatoms. The number of rotatable bonds is 3. The molecule has 1 heterocycles. The van der Waals surface area contributed by atoms with E-state index in [0.717, 1.165) is 42.9 Å². The molecule has 104 valence electrons. The first-order valence-electron chi connectivity index (χ1n) is 7.25. The van der Waals surface area contributed by atoms with E-state index in [-0.39, 0.29) is 5.82 Å². The molecule has 0 unspecified atom stereocenters. The van der Waals surface area contributed by atoms with Gasteiger partial charge in [-0.25, -0.2) is 4.39 Å². The van der Waals surface area contributed by atoms with Crippen LogP contribution in [0, 0.1) is 11.7 Å². The van der Waals surface area contributed by atoms with Crippen LogP contribution in [-0.4, -0.2) is 11.3 Å². The standard InChI is InChI=1S/C17H18FNO/c18-14-5-6-17-16(11-14)15(7-9-19-17)13-3-1-12(2-4-13)8-10-20/h5-7,9-13H,1-4,8H2/t12-,13+. The van der Waals surface area contributed by atoms with Gasteiger partial charge in [0, 0.05) is 18.0 Å². The molecule has 2 aromatic rings. The zero-order chi connectivity index (χ0) is 13.9. The SMILES string of the molecule is O=CC[C@H]1CC[C@@H](c2ccnc3ccc(F)cc32)CC1. The van der Waals surface area contributed by atoms with Crippen LogP contribution < -0.4 is 0 Å². The van der Waals surface area contributed by atoms with Gasteiger partial charge in [0.2, 0.25) is 0 Å². The molecular weight excluding hydrogens is 253 g/mol. The van der Waals surface area contributed by atoms with Crippen LogP contribution in [0.4, 0.5) is 4.39 Å². The minimum atomic E-state index is -0.207. The third-order valence-corrected chi connectivity index (χ3v) is 4.45. The Kier molecular flexibility index (Phi) is 3.77. The predicted molar refractivity (Wildman–Crippen MR) is 77.1 cm³/mol. The maximum absolute atomic E-state index is 13.5. The Morgan fingerprint density at radius 2 is 2.00 bits per heavy atom. The molecule has 20 heavy (non-hydrogen) atoms. The highest BCUT2D eigenvalue weighted by atomic mass is 19.1. The zero-order valence-electron chi connectivity index (χ0n) is 11.4. The summed E-state index contributed by atoms with van der Waals surface area (Å²) in [5, 5.41) is 0.936. The van der Waals surface area contributed by atoms with Crippen LogP contribution in [0.1, 0.15) is 43.6 Å². The van der Waals surface area contributed by atoms with Gasteiger partial charge in [0.15, 0.2) is 0 Å². The van der Waals surface area contributed by atoms with E-state index in [4.69, 9.17) is 0 Å². The van der Waals surface area contributed by atoms with Gasteiger partial charge in [-0.1, -0.05) is 0 Å². The highest BCUT2D eigenvalue weighted by Crippen LogP contribution is 2.39. The summed E-state index contributed by atoms with van der Waals surface area (Å²) >= 11 is 0. The maximum atomic E-state index is 13.5. The van der Waals surface area contributed by atoms with Gasteiger partial charge in [0.1, 0.15) is 12.1 Å². The summed E-state index contributed by atoms with van der Waals surface area (Å²) < 4.78 is 13.5. The highest BCUT2D eigenvalue weighted by molar-refractivity contribution is 5.82. The van der Waals surface area contributed by atoms with Gasteiger partial charge in [0.05, 0.1) is 5.52 Å². The summed E-state index contributed by atoms with van der Waals surface area (Å²) in [6, 6.07) is 6.81. The average Bonchev–Trinajstić information content (AvgIpc) is 2.48. The van der Waals surface area contributed by atoms with Crippen molar-refractivity contribution >= 4 is 17.2 Å². The molecule has 1 aliphatic rings. The quantitative estimate of drug-likeness (QED) is 0.782. The largest absolute Gasteiger partial charge is 0.303 e. The highest BCUT2D eigenvalue weighted by Gasteiger charge is 2.23. The molecule has 1 fully saturated rings. The van der Waals surface area contributed by atoms with Crippen molar-refractivity contribution in [3.05, 3.63) is 41.8 Å². The zero-order valence-corrected chi connectivity index (χ0v) is 11.4. The topological polar surface area (TPSA) is 30.0 Å². The van der Waals surface area contributed by atoms with Crippen LogP contribution in [0.5, 0.6) is 0 Å². The van der Waals surface area contributed by atoms with Crippen LogP contribution in [0.15, 0.2) is 30.5 Å². The molecule has 0 amide bonds. The lowest BCUT2D eigenvalue weighted by Crippen LogP contribution is -2.14. The van der Waals surface area contributed by atoms with Crippen LogP contribution in [-0.2, 0) is 4.79 Å². The molecule has 0 atom stereocenters. The Hall–Kier alpha value is -1.77. The first kappa shape index (κ1) is 13.2. The third-order valence-electron chi connectivity index (χ3n) is 4.45. The molecule has 0 radical (unpaired) electrons. The van der Waals surface area contributed by atoms with Crippen LogP contribution in [0.2, 0.25) is 0 Å². The van der Waals surface area contributed by atoms with Gasteiger partial charge in [-0.05, 0) is 67.3 Å². The van der Waals surface area contributed by atoms with E-state index in [2.05, 4.69) is 4.98 Å². The van der Waals surface area contributed by atoms with E-state index in [1.54, 1.807) is 12.1 Å². The van der Waals surface area contributed by atoms with Gasteiger partial charge < -0.3 is 4.79 Å². The molecule has 1 aliphatic carbocycles. The van der Waals surface area contributed by atoms with Crippen molar-refractivity contribution in [2.75, 3.05) is 0 Å². The molecule has 2 nitrogen and oxygen atoms in total. The van der Waals surface area contributed by atoms with Gasteiger partial charge in [-0.2, -0.15) is 0 Å². The number of aromatic nitrogens is 1. The van der Waals surface area contributed by atoms with Crippen LogP contribution >= 0.6 is 0 Å². The summed E-state index contributed by atoms with van der Waals surface area (Å²) in [7, 11) is 0. The van der Waals surface area contributed by atoms with Gasteiger partial charge >= 0.3 is 0 Å².